The fourth-order valence-corrected chi connectivity index (χ4v) is 3.63. The van der Waals surface area contributed by atoms with Crippen molar-refractivity contribution < 1.29 is 4.21 Å². The molecule has 0 spiro atoms. The second kappa shape index (κ2) is 6.56. The van der Waals surface area contributed by atoms with Crippen molar-refractivity contribution in [2.75, 3.05) is 11.6 Å². The molecule has 0 radical (unpaired) electrons. The Bertz CT molecular complexity index is 446. The van der Waals surface area contributed by atoms with Gasteiger partial charge in [0.2, 0.25) is 0 Å². The zero-order valence-corrected chi connectivity index (χ0v) is 13.0. The van der Waals surface area contributed by atoms with Crippen molar-refractivity contribution in [1.29, 1.82) is 0 Å². The van der Waals surface area contributed by atoms with E-state index in [4.69, 9.17) is 0 Å². The first-order valence-electron chi connectivity index (χ1n) is 7.22. The Hall–Kier alpha value is -0.830. The molecule has 2 nitrogen and oxygen atoms in total. The van der Waals surface area contributed by atoms with Crippen LogP contribution in [0.3, 0.4) is 0 Å². The van der Waals surface area contributed by atoms with Crippen LogP contribution in [0.5, 0.6) is 0 Å². The Balaban J connectivity index is 2.04. The van der Waals surface area contributed by atoms with Crippen LogP contribution >= 0.6 is 0 Å². The van der Waals surface area contributed by atoms with Crippen LogP contribution in [0.1, 0.15) is 38.7 Å². The van der Waals surface area contributed by atoms with Gasteiger partial charge in [-0.15, -0.1) is 0 Å². The summed E-state index contributed by atoms with van der Waals surface area (Å²) in [5.74, 6) is 2.17. The molecule has 106 valence electrons. The Morgan fingerprint density at radius 1 is 1.32 bits per heavy atom. The van der Waals surface area contributed by atoms with E-state index in [0.717, 1.165) is 17.4 Å². The molecule has 3 heteroatoms. The van der Waals surface area contributed by atoms with Gasteiger partial charge in [-0.3, -0.25) is 4.21 Å². The molecule has 19 heavy (non-hydrogen) atoms. The summed E-state index contributed by atoms with van der Waals surface area (Å²) in [5, 5.41) is 3.68. The second-order valence-electron chi connectivity index (χ2n) is 5.94. The molecule has 1 aromatic rings. The lowest BCUT2D eigenvalue weighted by atomic mass is 9.78. The first-order chi connectivity index (χ1) is 9.06. The highest BCUT2D eigenvalue weighted by atomic mass is 32.2. The molecule has 1 N–H and O–H groups in total. The number of benzene rings is 1. The Labute approximate surface area is 119 Å². The average molecular weight is 279 g/mol. The summed E-state index contributed by atoms with van der Waals surface area (Å²) in [6, 6.07) is 8.95. The maximum absolute atomic E-state index is 11.3. The lowest BCUT2D eigenvalue weighted by molar-refractivity contribution is 0.253. The standard InChI is InChI=1S/C16H25NOS/c1-12-6-4-9-16(13(12)2)17-15-8-5-7-14(10-15)11-19(3)18/h5,7-8,10,12-13,16-17H,4,6,9,11H2,1-3H3/t12-,13+,16+,19+/m1/s1. The number of hydrogen-bond donors (Lipinski definition) is 1. The van der Waals surface area contributed by atoms with E-state index in [2.05, 4.69) is 43.4 Å². The molecule has 0 unspecified atom stereocenters. The van der Waals surface area contributed by atoms with Crippen molar-refractivity contribution in [3.05, 3.63) is 29.8 Å². The van der Waals surface area contributed by atoms with Gasteiger partial charge in [0.25, 0.3) is 0 Å². The van der Waals surface area contributed by atoms with Gasteiger partial charge >= 0.3 is 0 Å². The smallest absolute Gasteiger partial charge is 0.0483 e. The van der Waals surface area contributed by atoms with Crippen molar-refractivity contribution in [2.45, 2.75) is 44.9 Å². The van der Waals surface area contributed by atoms with Crippen LogP contribution in [0.2, 0.25) is 0 Å². The highest BCUT2D eigenvalue weighted by molar-refractivity contribution is 7.83. The lowest BCUT2D eigenvalue weighted by Gasteiger charge is -2.35. The Kier molecular flexibility index (Phi) is 5.03. The molecule has 2 rings (SSSR count). The summed E-state index contributed by atoms with van der Waals surface area (Å²) in [6.07, 6.45) is 5.69. The molecule has 0 heterocycles. The minimum atomic E-state index is -0.772. The lowest BCUT2D eigenvalue weighted by Crippen LogP contribution is -2.35. The SMILES string of the molecule is C[C@H]1[C@H](C)CCC[C@@H]1Nc1cccc(C[S@](C)=O)c1. The first-order valence-corrected chi connectivity index (χ1v) is 8.94. The van der Waals surface area contributed by atoms with E-state index >= 15 is 0 Å². The van der Waals surface area contributed by atoms with Crippen LogP contribution in [0, 0.1) is 11.8 Å². The molecule has 1 fully saturated rings. The van der Waals surface area contributed by atoms with Gasteiger partial charge in [0.1, 0.15) is 0 Å². The van der Waals surface area contributed by atoms with E-state index in [1.165, 1.54) is 24.9 Å². The minimum absolute atomic E-state index is 0.575. The van der Waals surface area contributed by atoms with Gasteiger partial charge in [-0.1, -0.05) is 38.8 Å². The van der Waals surface area contributed by atoms with Crippen molar-refractivity contribution in [3.63, 3.8) is 0 Å². The first kappa shape index (κ1) is 14.6. The predicted molar refractivity (Wildman–Crippen MR) is 83.8 cm³/mol. The van der Waals surface area contributed by atoms with Crippen LogP contribution < -0.4 is 5.32 Å². The van der Waals surface area contributed by atoms with Crippen molar-refractivity contribution in [1.82, 2.24) is 0 Å². The van der Waals surface area contributed by atoms with E-state index in [1.54, 1.807) is 6.26 Å². The second-order valence-corrected chi connectivity index (χ2v) is 7.37. The maximum Gasteiger partial charge on any atom is 0.0483 e. The number of anilines is 1. The van der Waals surface area contributed by atoms with Crippen molar-refractivity contribution >= 4 is 16.5 Å². The van der Waals surface area contributed by atoms with Gasteiger partial charge in [-0.25, -0.2) is 0 Å². The van der Waals surface area contributed by atoms with Gasteiger partial charge in [0, 0.05) is 34.5 Å². The minimum Gasteiger partial charge on any atom is -0.382 e. The van der Waals surface area contributed by atoms with E-state index < -0.39 is 10.8 Å². The number of hydrogen-bond acceptors (Lipinski definition) is 2. The zero-order valence-electron chi connectivity index (χ0n) is 12.2. The summed E-state index contributed by atoms with van der Waals surface area (Å²) in [5.41, 5.74) is 2.33. The third-order valence-corrected chi connectivity index (χ3v) is 5.10. The third kappa shape index (κ3) is 4.07. The van der Waals surface area contributed by atoms with Gasteiger partial charge in [0.05, 0.1) is 0 Å². The molecule has 0 bridgehead atoms. The fraction of sp³-hybridized carbons (Fsp3) is 0.625. The third-order valence-electron chi connectivity index (χ3n) is 4.36. The Morgan fingerprint density at radius 3 is 2.84 bits per heavy atom. The highest BCUT2D eigenvalue weighted by Crippen LogP contribution is 2.31. The molecular weight excluding hydrogens is 254 g/mol. The van der Waals surface area contributed by atoms with E-state index in [1.807, 2.05) is 0 Å². The van der Waals surface area contributed by atoms with Crippen LogP contribution in [-0.4, -0.2) is 16.5 Å². The van der Waals surface area contributed by atoms with Gasteiger partial charge in [-0.05, 0) is 36.0 Å². The zero-order chi connectivity index (χ0) is 13.8. The van der Waals surface area contributed by atoms with Crippen LogP contribution in [0.15, 0.2) is 24.3 Å². The van der Waals surface area contributed by atoms with Crippen LogP contribution in [-0.2, 0) is 16.6 Å². The largest absolute Gasteiger partial charge is 0.382 e. The van der Waals surface area contributed by atoms with E-state index in [0.29, 0.717) is 11.8 Å². The monoisotopic (exact) mass is 279 g/mol. The number of rotatable bonds is 4. The van der Waals surface area contributed by atoms with E-state index in [9.17, 15) is 4.21 Å². The topological polar surface area (TPSA) is 29.1 Å². The molecular formula is C16H25NOS. The highest BCUT2D eigenvalue weighted by Gasteiger charge is 2.26. The molecule has 4 atom stereocenters. The molecule has 0 aromatic heterocycles. The molecule has 1 aromatic carbocycles. The number of nitrogens with one attached hydrogen (secondary N) is 1. The van der Waals surface area contributed by atoms with Crippen LogP contribution in [0.25, 0.3) is 0 Å². The summed E-state index contributed by atoms with van der Waals surface area (Å²) in [6.45, 7) is 4.71. The molecule has 1 aliphatic carbocycles. The van der Waals surface area contributed by atoms with E-state index in [-0.39, 0.29) is 0 Å². The summed E-state index contributed by atoms with van der Waals surface area (Å²) in [7, 11) is -0.772. The molecule has 1 saturated carbocycles. The Morgan fingerprint density at radius 2 is 2.11 bits per heavy atom. The molecule has 1 aliphatic rings. The van der Waals surface area contributed by atoms with Crippen molar-refractivity contribution in [2.24, 2.45) is 11.8 Å². The quantitative estimate of drug-likeness (QED) is 0.908. The average Bonchev–Trinajstić information content (AvgIpc) is 2.35. The summed E-state index contributed by atoms with van der Waals surface area (Å²) in [4.78, 5) is 0. The maximum atomic E-state index is 11.3. The molecule has 0 amide bonds. The van der Waals surface area contributed by atoms with Gasteiger partial charge in [0.15, 0.2) is 0 Å². The fourth-order valence-electron chi connectivity index (χ4n) is 2.99. The normalized spacial score (nSPS) is 28.9. The van der Waals surface area contributed by atoms with Crippen LogP contribution in [0.4, 0.5) is 5.69 Å². The van der Waals surface area contributed by atoms with Gasteiger partial charge in [-0.2, -0.15) is 0 Å². The molecule has 0 aliphatic heterocycles. The summed E-state index contributed by atoms with van der Waals surface area (Å²) < 4.78 is 11.3. The molecule has 0 saturated heterocycles. The predicted octanol–water partition coefficient (Wildman–Crippen LogP) is 3.80. The van der Waals surface area contributed by atoms with Gasteiger partial charge < -0.3 is 5.32 Å². The van der Waals surface area contributed by atoms with Crippen molar-refractivity contribution in [3.8, 4) is 0 Å². The summed E-state index contributed by atoms with van der Waals surface area (Å²) >= 11 is 0.